The predicted octanol–water partition coefficient (Wildman–Crippen LogP) is 3.56. The molecule has 1 aromatic heterocycles. The second-order valence-corrected chi connectivity index (χ2v) is 8.51. The van der Waals surface area contributed by atoms with Gasteiger partial charge in [0.05, 0.1) is 5.52 Å². The van der Waals surface area contributed by atoms with Gasteiger partial charge in [-0.25, -0.2) is 4.79 Å². The average molecular weight is 405 g/mol. The highest BCUT2D eigenvalue weighted by molar-refractivity contribution is 6.01. The number of amides is 1. The van der Waals surface area contributed by atoms with Crippen LogP contribution in [0, 0.1) is 6.92 Å². The quantitative estimate of drug-likeness (QED) is 0.666. The number of aryl methyl sites for hydroxylation is 1. The summed E-state index contributed by atoms with van der Waals surface area (Å²) in [6.07, 6.45) is 3.77. The SMILES string of the molecule is Cc1ccc(N2CCCC3(CCCN3CCn3c(=O)oc4ccccc43)C2=O)cc1. The van der Waals surface area contributed by atoms with Crippen molar-refractivity contribution in [3.63, 3.8) is 0 Å². The summed E-state index contributed by atoms with van der Waals surface area (Å²) >= 11 is 0. The van der Waals surface area contributed by atoms with Gasteiger partial charge >= 0.3 is 5.76 Å². The van der Waals surface area contributed by atoms with Crippen LogP contribution in [0.5, 0.6) is 0 Å². The van der Waals surface area contributed by atoms with Crippen molar-refractivity contribution in [2.45, 2.75) is 44.7 Å². The first-order chi connectivity index (χ1) is 14.6. The van der Waals surface area contributed by atoms with E-state index >= 15 is 0 Å². The van der Waals surface area contributed by atoms with Crippen LogP contribution in [0.25, 0.3) is 11.1 Å². The van der Waals surface area contributed by atoms with E-state index in [-0.39, 0.29) is 11.7 Å². The molecule has 30 heavy (non-hydrogen) atoms. The first-order valence-corrected chi connectivity index (χ1v) is 10.8. The minimum atomic E-state index is -0.452. The molecule has 2 saturated heterocycles. The van der Waals surface area contributed by atoms with E-state index in [0.29, 0.717) is 18.7 Å². The number of rotatable bonds is 4. The topological polar surface area (TPSA) is 58.7 Å². The Morgan fingerprint density at radius 2 is 1.67 bits per heavy atom. The predicted molar refractivity (Wildman–Crippen MR) is 117 cm³/mol. The first-order valence-electron chi connectivity index (χ1n) is 10.8. The molecule has 1 unspecified atom stereocenters. The monoisotopic (exact) mass is 405 g/mol. The Balaban J connectivity index is 1.39. The number of carbonyl (C=O) groups is 1. The Kier molecular flexibility index (Phi) is 4.74. The highest BCUT2D eigenvalue weighted by Crippen LogP contribution is 2.39. The molecule has 2 fully saturated rings. The summed E-state index contributed by atoms with van der Waals surface area (Å²) < 4.78 is 7.06. The Morgan fingerprint density at radius 1 is 0.933 bits per heavy atom. The van der Waals surface area contributed by atoms with E-state index in [1.165, 1.54) is 5.56 Å². The first kappa shape index (κ1) is 19.1. The van der Waals surface area contributed by atoms with Crippen LogP contribution in [-0.4, -0.2) is 40.5 Å². The van der Waals surface area contributed by atoms with Crippen molar-refractivity contribution in [1.82, 2.24) is 9.47 Å². The van der Waals surface area contributed by atoms with Gasteiger partial charge in [0.25, 0.3) is 0 Å². The van der Waals surface area contributed by atoms with Crippen molar-refractivity contribution in [1.29, 1.82) is 0 Å². The maximum atomic E-state index is 13.7. The average Bonchev–Trinajstić information content (AvgIpc) is 3.30. The second kappa shape index (κ2) is 7.43. The van der Waals surface area contributed by atoms with Crippen molar-refractivity contribution in [2.24, 2.45) is 0 Å². The van der Waals surface area contributed by atoms with Gasteiger partial charge in [-0.05, 0) is 63.4 Å². The molecular formula is C24H27N3O3. The smallest absolute Gasteiger partial charge is 0.408 e. The Morgan fingerprint density at radius 3 is 2.47 bits per heavy atom. The highest BCUT2D eigenvalue weighted by Gasteiger charge is 2.50. The number of benzene rings is 2. The number of nitrogens with zero attached hydrogens (tertiary/aromatic N) is 3. The van der Waals surface area contributed by atoms with E-state index in [4.69, 9.17) is 4.42 Å². The lowest BCUT2D eigenvalue weighted by molar-refractivity contribution is -0.131. The lowest BCUT2D eigenvalue weighted by Crippen LogP contribution is -2.60. The van der Waals surface area contributed by atoms with Crippen molar-refractivity contribution in [3.8, 4) is 0 Å². The summed E-state index contributed by atoms with van der Waals surface area (Å²) in [6, 6.07) is 15.7. The lowest BCUT2D eigenvalue weighted by atomic mass is 9.85. The summed E-state index contributed by atoms with van der Waals surface area (Å²) in [4.78, 5) is 30.3. The van der Waals surface area contributed by atoms with Crippen molar-refractivity contribution >= 4 is 22.7 Å². The molecule has 3 heterocycles. The number of para-hydroxylation sites is 2. The lowest BCUT2D eigenvalue weighted by Gasteiger charge is -2.44. The van der Waals surface area contributed by atoms with Gasteiger partial charge in [-0.2, -0.15) is 0 Å². The van der Waals surface area contributed by atoms with E-state index in [1.807, 2.05) is 41.3 Å². The molecule has 2 aliphatic heterocycles. The summed E-state index contributed by atoms with van der Waals surface area (Å²) in [7, 11) is 0. The maximum Gasteiger partial charge on any atom is 0.419 e. The molecule has 0 saturated carbocycles. The molecule has 1 spiro atoms. The van der Waals surface area contributed by atoms with Gasteiger partial charge in [-0.3, -0.25) is 14.3 Å². The van der Waals surface area contributed by atoms with Crippen molar-refractivity contribution in [3.05, 3.63) is 64.6 Å². The van der Waals surface area contributed by atoms with E-state index in [2.05, 4.69) is 24.0 Å². The molecular weight excluding hydrogens is 378 g/mol. The third-order valence-corrected chi connectivity index (χ3v) is 6.75. The number of fused-ring (bicyclic) bond motifs is 1. The number of oxazole rings is 1. The Labute approximate surface area is 175 Å². The van der Waals surface area contributed by atoms with Gasteiger partial charge in [-0.15, -0.1) is 0 Å². The van der Waals surface area contributed by atoms with Crippen LogP contribution in [0.1, 0.15) is 31.2 Å². The molecule has 5 rings (SSSR count). The molecule has 3 aromatic rings. The van der Waals surface area contributed by atoms with Crippen LogP contribution in [0.4, 0.5) is 5.69 Å². The summed E-state index contributed by atoms with van der Waals surface area (Å²) in [5.41, 5.74) is 3.14. The highest BCUT2D eigenvalue weighted by atomic mass is 16.4. The number of likely N-dealkylation sites (tertiary alicyclic amines) is 1. The number of hydrogen-bond donors (Lipinski definition) is 0. The van der Waals surface area contributed by atoms with Crippen LogP contribution in [-0.2, 0) is 11.3 Å². The van der Waals surface area contributed by atoms with Crippen LogP contribution in [0.3, 0.4) is 0 Å². The van der Waals surface area contributed by atoms with Crippen LogP contribution < -0.4 is 10.7 Å². The maximum absolute atomic E-state index is 13.7. The zero-order valence-corrected chi connectivity index (χ0v) is 17.3. The van der Waals surface area contributed by atoms with Crippen molar-refractivity contribution in [2.75, 3.05) is 24.5 Å². The fourth-order valence-electron chi connectivity index (χ4n) is 5.19. The molecule has 0 bridgehead atoms. The summed E-state index contributed by atoms with van der Waals surface area (Å²) in [6.45, 7) is 4.90. The van der Waals surface area contributed by atoms with E-state index in [9.17, 15) is 9.59 Å². The fourth-order valence-corrected chi connectivity index (χ4v) is 5.19. The molecule has 6 nitrogen and oxygen atoms in total. The minimum Gasteiger partial charge on any atom is -0.408 e. The molecule has 1 amide bonds. The molecule has 0 aliphatic carbocycles. The third-order valence-electron chi connectivity index (χ3n) is 6.75. The zero-order valence-electron chi connectivity index (χ0n) is 17.3. The van der Waals surface area contributed by atoms with Gasteiger partial charge in [0, 0.05) is 25.3 Å². The number of carbonyl (C=O) groups excluding carboxylic acids is 1. The standard InChI is InChI=1S/C24H27N3O3/c1-18-8-10-19(11-9-18)26-15-5-13-24(22(26)28)12-4-14-25(24)16-17-27-20-6-2-3-7-21(20)30-23(27)29/h2-3,6-11H,4-5,12-17H2,1H3. The van der Waals surface area contributed by atoms with Gasteiger partial charge in [0.2, 0.25) is 5.91 Å². The number of piperidine rings is 1. The van der Waals surface area contributed by atoms with Gasteiger partial charge < -0.3 is 9.32 Å². The van der Waals surface area contributed by atoms with E-state index < -0.39 is 5.54 Å². The molecule has 0 radical (unpaired) electrons. The summed E-state index contributed by atoms with van der Waals surface area (Å²) in [5, 5.41) is 0. The van der Waals surface area contributed by atoms with Gasteiger partial charge in [0.1, 0.15) is 5.54 Å². The van der Waals surface area contributed by atoms with Crippen LogP contribution in [0.15, 0.2) is 57.7 Å². The minimum absolute atomic E-state index is 0.208. The number of aromatic nitrogens is 1. The van der Waals surface area contributed by atoms with Crippen LogP contribution in [0.2, 0.25) is 0 Å². The van der Waals surface area contributed by atoms with E-state index in [0.717, 1.165) is 50.0 Å². The normalized spacial score (nSPS) is 22.4. The van der Waals surface area contributed by atoms with Crippen molar-refractivity contribution < 1.29 is 9.21 Å². The second-order valence-electron chi connectivity index (χ2n) is 8.51. The van der Waals surface area contributed by atoms with E-state index in [1.54, 1.807) is 4.57 Å². The van der Waals surface area contributed by atoms with Gasteiger partial charge in [0.15, 0.2) is 5.58 Å². The fraction of sp³-hybridized carbons (Fsp3) is 0.417. The molecule has 0 N–H and O–H groups in total. The summed E-state index contributed by atoms with van der Waals surface area (Å²) in [5.74, 6) is -0.125. The Hall–Kier alpha value is -2.86. The van der Waals surface area contributed by atoms with Gasteiger partial charge in [-0.1, -0.05) is 29.8 Å². The Bertz CT molecular complexity index is 1130. The zero-order chi connectivity index (χ0) is 20.7. The number of anilines is 1. The molecule has 156 valence electrons. The molecule has 2 aliphatic rings. The largest absolute Gasteiger partial charge is 0.419 e. The molecule has 1 atom stereocenters. The van der Waals surface area contributed by atoms with Crippen LogP contribution >= 0.6 is 0 Å². The molecule has 6 heteroatoms. The third kappa shape index (κ3) is 3.06. The molecule has 2 aromatic carbocycles. The number of hydrogen-bond acceptors (Lipinski definition) is 4.